The second kappa shape index (κ2) is 5.16. The number of hydrogen-bond acceptors (Lipinski definition) is 4. The van der Waals surface area contributed by atoms with Crippen molar-refractivity contribution in [1.29, 1.82) is 0 Å². The van der Waals surface area contributed by atoms with E-state index < -0.39 is 11.7 Å². The van der Waals surface area contributed by atoms with Gasteiger partial charge in [0.05, 0.1) is 5.52 Å². The summed E-state index contributed by atoms with van der Waals surface area (Å²) in [4.78, 5) is 12.1. The van der Waals surface area contributed by atoms with Crippen molar-refractivity contribution in [2.75, 3.05) is 5.32 Å². The van der Waals surface area contributed by atoms with E-state index in [1.54, 1.807) is 24.3 Å². The van der Waals surface area contributed by atoms with Gasteiger partial charge in [0.15, 0.2) is 11.4 Å². The fourth-order valence-electron chi connectivity index (χ4n) is 1.95. The van der Waals surface area contributed by atoms with Gasteiger partial charge in [-0.3, -0.25) is 4.79 Å². The molecule has 0 bridgehead atoms. The van der Waals surface area contributed by atoms with E-state index in [2.05, 4.69) is 15.5 Å². The number of anilines is 1. The highest BCUT2D eigenvalue weighted by molar-refractivity contribution is 6.07. The first-order valence-electron chi connectivity index (χ1n) is 6.16. The van der Waals surface area contributed by atoms with Crippen LogP contribution in [0.2, 0.25) is 0 Å². The third-order valence-corrected chi connectivity index (χ3v) is 2.94. The minimum absolute atomic E-state index is 0.210. The van der Waals surface area contributed by atoms with Gasteiger partial charge in [-0.1, -0.05) is 18.2 Å². The molecular formula is C15H10FN3O2. The van der Waals surface area contributed by atoms with E-state index in [4.69, 9.17) is 0 Å². The monoisotopic (exact) mass is 283 g/mol. The van der Waals surface area contributed by atoms with Crippen LogP contribution < -0.4 is 5.32 Å². The Morgan fingerprint density at radius 3 is 2.71 bits per heavy atom. The van der Waals surface area contributed by atoms with Gasteiger partial charge >= 0.3 is 0 Å². The van der Waals surface area contributed by atoms with Crippen LogP contribution in [0, 0.1) is 5.82 Å². The van der Waals surface area contributed by atoms with Crippen molar-refractivity contribution < 1.29 is 14.3 Å². The van der Waals surface area contributed by atoms with Crippen LogP contribution in [0.1, 0.15) is 10.5 Å². The molecule has 2 aromatic carbocycles. The first-order valence-corrected chi connectivity index (χ1v) is 6.16. The fraction of sp³-hybridized carbons (Fsp3) is 0. The molecule has 1 amide bonds. The maximum absolute atomic E-state index is 13.1. The van der Waals surface area contributed by atoms with E-state index in [0.29, 0.717) is 10.9 Å². The molecule has 2 N–H and O–H groups in total. The molecule has 1 aromatic heterocycles. The predicted octanol–water partition coefficient (Wildman–Crippen LogP) is 2.73. The van der Waals surface area contributed by atoms with Gasteiger partial charge in [-0.15, -0.1) is 10.2 Å². The summed E-state index contributed by atoms with van der Waals surface area (Å²) in [6.07, 6.45) is 0. The molecule has 0 aliphatic carbocycles. The molecule has 3 aromatic rings. The smallest absolute Gasteiger partial charge is 0.280 e. The molecule has 104 valence electrons. The van der Waals surface area contributed by atoms with Gasteiger partial charge in [-0.2, -0.15) is 0 Å². The normalized spacial score (nSPS) is 10.5. The molecule has 0 radical (unpaired) electrons. The summed E-state index contributed by atoms with van der Waals surface area (Å²) in [7, 11) is 0. The van der Waals surface area contributed by atoms with E-state index in [0.717, 1.165) is 0 Å². The Bertz CT molecular complexity index is 836. The molecule has 0 saturated heterocycles. The molecule has 0 spiro atoms. The Kier molecular flexibility index (Phi) is 3.19. The van der Waals surface area contributed by atoms with Crippen molar-refractivity contribution in [2.45, 2.75) is 0 Å². The Morgan fingerprint density at radius 1 is 1.10 bits per heavy atom. The average molecular weight is 283 g/mol. The molecular weight excluding hydrogens is 273 g/mol. The van der Waals surface area contributed by atoms with Crippen LogP contribution in [-0.4, -0.2) is 21.2 Å². The fourth-order valence-corrected chi connectivity index (χ4v) is 1.95. The molecule has 1 heterocycles. The van der Waals surface area contributed by atoms with Crippen LogP contribution in [0.25, 0.3) is 10.9 Å². The number of nitrogens with zero attached hydrogens (tertiary/aromatic N) is 2. The van der Waals surface area contributed by atoms with Crippen LogP contribution in [0.5, 0.6) is 5.75 Å². The number of aromatic nitrogens is 2. The summed E-state index contributed by atoms with van der Waals surface area (Å²) in [6, 6.07) is 12.2. The van der Waals surface area contributed by atoms with Gasteiger partial charge in [0.2, 0.25) is 0 Å². The molecule has 0 aliphatic heterocycles. The molecule has 0 atom stereocenters. The number of amides is 1. The van der Waals surface area contributed by atoms with Crippen molar-refractivity contribution in [1.82, 2.24) is 10.2 Å². The number of rotatable bonds is 2. The number of benzene rings is 2. The van der Waals surface area contributed by atoms with E-state index in [1.165, 1.54) is 24.3 Å². The standard InChI is InChI=1S/C15H10FN3O2/c16-9-4-3-5-10(8-9)17-15(21)13-14(20)11-6-1-2-7-12(11)18-19-13/h1-8H,(H,17,21)(H,18,20). The Hall–Kier alpha value is -3.02. The van der Waals surface area contributed by atoms with E-state index in [9.17, 15) is 14.3 Å². The van der Waals surface area contributed by atoms with Gasteiger partial charge in [-0.05, 0) is 30.3 Å². The van der Waals surface area contributed by atoms with Gasteiger partial charge in [0.25, 0.3) is 5.91 Å². The van der Waals surface area contributed by atoms with E-state index in [-0.39, 0.29) is 17.1 Å². The van der Waals surface area contributed by atoms with Crippen LogP contribution in [0.4, 0.5) is 10.1 Å². The third kappa shape index (κ3) is 2.51. The lowest BCUT2D eigenvalue weighted by Crippen LogP contribution is -2.14. The topological polar surface area (TPSA) is 75.1 Å². The molecule has 5 nitrogen and oxygen atoms in total. The minimum atomic E-state index is -0.656. The number of fused-ring (bicyclic) bond motifs is 1. The van der Waals surface area contributed by atoms with Crippen LogP contribution in [0.15, 0.2) is 48.5 Å². The number of carbonyl (C=O) groups is 1. The number of aromatic hydroxyl groups is 1. The largest absolute Gasteiger partial charge is 0.505 e. The third-order valence-electron chi connectivity index (χ3n) is 2.94. The number of hydrogen-bond donors (Lipinski definition) is 2. The first kappa shape index (κ1) is 13.0. The second-order valence-electron chi connectivity index (χ2n) is 4.38. The van der Waals surface area contributed by atoms with E-state index in [1.807, 2.05) is 0 Å². The quantitative estimate of drug-likeness (QED) is 0.758. The molecule has 0 unspecified atom stereocenters. The highest BCUT2D eigenvalue weighted by atomic mass is 19.1. The number of carbonyl (C=O) groups excluding carboxylic acids is 1. The van der Waals surface area contributed by atoms with Crippen LogP contribution >= 0.6 is 0 Å². The summed E-state index contributed by atoms with van der Waals surface area (Å²) >= 11 is 0. The molecule has 6 heteroatoms. The van der Waals surface area contributed by atoms with Crippen molar-refractivity contribution in [3.63, 3.8) is 0 Å². The van der Waals surface area contributed by atoms with Gasteiger partial charge in [-0.25, -0.2) is 4.39 Å². The summed E-state index contributed by atoms with van der Waals surface area (Å²) in [6.45, 7) is 0. The summed E-state index contributed by atoms with van der Waals surface area (Å²) in [5.41, 5.74) is 0.546. The van der Waals surface area contributed by atoms with Gasteiger partial charge in [0, 0.05) is 11.1 Å². The number of halogens is 1. The Labute approximate surface area is 119 Å². The van der Waals surface area contributed by atoms with Crippen LogP contribution in [-0.2, 0) is 0 Å². The Morgan fingerprint density at radius 2 is 1.90 bits per heavy atom. The highest BCUT2D eigenvalue weighted by Crippen LogP contribution is 2.25. The lowest BCUT2D eigenvalue weighted by atomic mass is 10.2. The number of nitrogens with one attached hydrogen (secondary N) is 1. The first-order chi connectivity index (χ1) is 10.1. The van der Waals surface area contributed by atoms with Crippen molar-refractivity contribution in [2.24, 2.45) is 0 Å². The minimum Gasteiger partial charge on any atom is -0.505 e. The summed E-state index contributed by atoms with van der Waals surface area (Å²) in [5, 5.41) is 20.6. The lowest BCUT2D eigenvalue weighted by molar-refractivity contribution is 0.101. The molecule has 21 heavy (non-hydrogen) atoms. The second-order valence-corrected chi connectivity index (χ2v) is 4.38. The van der Waals surface area contributed by atoms with Gasteiger partial charge < -0.3 is 10.4 Å². The zero-order valence-electron chi connectivity index (χ0n) is 10.7. The van der Waals surface area contributed by atoms with Crippen LogP contribution in [0.3, 0.4) is 0 Å². The molecule has 0 saturated carbocycles. The summed E-state index contributed by atoms with van der Waals surface area (Å²) < 4.78 is 13.1. The molecule has 0 aliphatic rings. The van der Waals surface area contributed by atoms with Crippen molar-refractivity contribution in [3.05, 3.63) is 60.0 Å². The lowest BCUT2D eigenvalue weighted by Gasteiger charge is -2.07. The highest BCUT2D eigenvalue weighted by Gasteiger charge is 2.17. The van der Waals surface area contributed by atoms with Gasteiger partial charge in [0.1, 0.15) is 5.82 Å². The maximum atomic E-state index is 13.1. The predicted molar refractivity (Wildman–Crippen MR) is 75.6 cm³/mol. The van der Waals surface area contributed by atoms with Crippen molar-refractivity contribution in [3.8, 4) is 5.75 Å². The maximum Gasteiger partial charge on any atom is 0.280 e. The molecule has 0 fully saturated rings. The van der Waals surface area contributed by atoms with Crippen molar-refractivity contribution >= 4 is 22.5 Å². The summed E-state index contributed by atoms with van der Waals surface area (Å²) in [5.74, 6) is -1.38. The SMILES string of the molecule is O=C(Nc1cccc(F)c1)c1nnc2ccccc2c1O. The average Bonchev–Trinajstić information content (AvgIpc) is 2.48. The molecule has 3 rings (SSSR count). The zero-order chi connectivity index (χ0) is 14.8. The Balaban J connectivity index is 1.96. The zero-order valence-corrected chi connectivity index (χ0v) is 10.7. The van der Waals surface area contributed by atoms with E-state index >= 15 is 0 Å².